The van der Waals surface area contributed by atoms with E-state index in [2.05, 4.69) is 16.3 Å². The van der Waals surface area contributed by atoms with Crippen LogP contribution in [0.2, 0.25) is 10.0 Å². The summed E-state index contributed by atoms with van der Waals surface area (Å²) in [7, 11) is 4.89. The second-order valence-corrected chi connectivity index (χ2v) is 12.6. The maximum atomic E-state index is 13.1. The quantitative estimate of drug-likeness (QED) is 0.364. The van der Waals surface area contributed by atoms with Crippen LogP contribution >= 0.6 is 23.2 Å². The van der Waals surface area contributed by atoms with Crippen molar-refractivity contribution in [3.63, 3.8) is 0 Å². The van der Waals surface area contributed by atoms with E-state index in [9.17, 15) is 14.4 Å². The lowest BCUT2D eigenvalue weighted by Crippen LogP contribution is -2.48. The Morgan fingerprint density at radius 2 is 1.65 bits per heavy atom. The summed E-state index contributed by atoms with van der Waals surface area (Å²) in [5.41, 5.74) is 5.96. The van der Waals surface area contributed by atoms with Crippen molar-refractivity contribution in [1.82, 2.24) is 24.6 Å². The first-order chi connectivity index (χ1) is 22.1. The highest BCUT2D eigenvalue weighted by molar-refractivity contribution is 6.39. The number of likely N-dealkylation sites (N-methyl/N-ethyl adjacent to an activating group) is 1. The Balaban J connectivity index is 1.28. The summed E-state index contributed by atoms with van der Waals surface area (Å²) in [6.07, 6.45) is 3.38. The van der Waals surface area contributed by atoms with Gasteiger partial charge in [-0.2, -0.15) is 0 Å². The normalized spacial score (nSPS) is 18.4. The second kappa shape index (κ2) is 12.9. The molecule has 1 aromatic heterocycles. The zero-order chi connectivity index (χ0) is 32.7. The molecule has 10 nitrogen and oxygen atoms in total. The van der Waals surface area contributed by atoms with Crippen molar-refractivity contribution in [2.24, 2.45) is 0 Å². The molecule has 3 aliphatic rings. The van der Waals surface area contributed by atoms with Gasteiger partial charge in [0, 0.05) is 81.7 Å². The first-order valence-electron chi connectivity index (χ1n) is 15.2. The third kappa shape index (κ3) is 5.92. The van der Waals surface area contributed by atoms with E-state index in [0.29, 0.717) is 44.0 Å². The lowest BCUT2D eigenvalue weighted by atomic mass is 9.99. The number of methoxy groups -OCH3 is 1. The molecule has 1 unspecified atom stereocenters. The topological polar surface area (TPSA) is 98.3 Å². The highest BCUT2D eigenvalue weighted by Crippen LogP contribution is 2.45. The van der Waals surface area contributed by atoms with E-state index in [-0.39, 0.29) is 30.4 Å². The van der Waals surface area contributed by atoms with E-state index in [0.717, 1.165) is 50.1 Å². The second-order valence-electron chi connectivity index (χ2n) is 11.9. The third-order valence-electron chi connectivity index (χ3n) is 9.01. The van der Waals surface area contributed by atoms with Crippen molar-refractivity contribution in [3.05, 3.63) is 75.4 Å². The number of nitrogens with one attached hydrogen (secondary N) is 1. The smallest absolute Gasteiger partial charge is 0.323 e. The number of aryl methyl sites for hydroxylation is 1. The Morgan fingerprint density at radius 3 is 2.33 bits per heavy atom. The first kappa shape index (κ1) is 31.8. The number of carbonyl (C=O) groups is 3. The minimum absolute atomic E-state index is 0.115. The largest absolute Gasteiger partial charge is 0.481 e. The predicted molar refractivity (Wildman–Crippen MR) is 179 cm³/mol. The van der Waals surface area contributed by atoms with Crippen LogP contribution in [0.25, 0.3) is 22.4 Å². The van der Waals surface area contributed by atoms with Crippen molar-refractivity contribution < 1.29 is 19.1 Å². The Morgan fingerprint density at radius 1 is 0.978 bits per heavy atom. The average Bonchev–Trinajstić information content (AvgIpc) is 3.48. The van der Waals surface area contributed by atoms with Crippen LogP contribution < -0.4 is 10.1 Å². The van der Waals surface area contributed by atoms with Crippen LogP contribution in [-0.2, 0) is 16.0 Å². The maximum absolute atomic E-state index is 13.1. The monoisotopic (exact) mass is 662 g/mol. The van der Waals surface area contributed by atoms with Gasteiger partial charge in [0.05, 0.1) is 40.7 Å². The number of hydrogen-bond acceptors (Lipinski definition) is 6. The van der Waals surface area contributed by atoms with Crippen molar-refractivity contribution in [1.29, 1.82) is 0 Å². The van der Waals surface area contributed by atoms with Gasteiger partial charge in [0.15, 0.2) is 0 Å². The van der Waals surface area contributed by atoms with Gasteiger partial charge in [0.2, 0.25) is 11.8 Å². The summed E-state index contributed by atoms with van der Waals surface area (Å²) in [6.45, 7) is 4.88. The van der Waals surface area contributed by atoms with Crippen molar-refractivity contribution >= 4 is 46.7 Å². The van der Waals surface area contributed by atoms with E-state index in [1.54, 1.807) is 34.2 Å². The van der Waals surface area contributed by atoms with Crippen LogP contribution in [0.5, 0.6) is 5.88 Å². The number of halogens is 2. The number of urea groups is 1. The minimum atomic E-state index is -0.349. The summed E-state index contributed by atoms with van der Waals surface area (Å²) in [6, 6.07) is 13.2. The molecular weight excluding hydrogens is 627 g/mol. The molecule has 1 fully saturated rings. The van der Waals surface area contributed by atoms with Gasteiger partial charge in [0.1, 0.15) is 0 Å². The zero-order valence-electron chi connectivity index (χ0n) is 26.3. The van der Waals surface area contributed by atoms with Crippen LogP contribution in [0.4, 0.5) is 10.5 Å². The summed E-state index contributed by atoms with van der Waals surface area (Å²) < 4.78 is 5.86. The molecule has 1 saturated heterocycles. The molecule has 1 atom stereocenters. The molecule has 1 N–H and O–H groups in total. The molecule has 0 spiro atoms. The molecule has 4 amide bonds. The highest BCUT2D eigenvalue weighted by atomic mass is 35.5. The van der Waals surface area contributed by atoms with E-state index in [1.165, 1.54) is 21.6 Å². The molecule has 0 radical (unpaired) electrons. The molecule has 1 aliphatic carbocycles. The number of amides is 4. The van der Waals surface area contributed by atoms with Crippen LogP contribution in [-0.4, -0.2) is 96.4 Å². The number of benzene rings is 2. The molecule has 6 rings (SSSR count). The van der Waals surface area contributed by atoms with E-state index >= 15 is 0 Å². The fourth-order valence-corrected chi connectivity index (χ4v) is 7.22. The van der Waals surface area contributed by atoms with Crippen molar-refractivity contribution in [3.8, 4) is 28.3 Å². The van der Waals surface area contributed by atoms with Crippen LogP contribution in [0, 0.1) is 0 Å². The average molecular weight is 664 g/mol. The molecule has 2 aromatic carbocycles. The number of pyridine rings is 1. The van der Waals surface area contributed by atoms with Gasteiger partial charge in [0.25, 0.3) is 5.91 Å². The molecular formula is C34H36Cl2N6O4. The van der Waals surface area contributed by atoms with Gasteiger partial charge < -0.3 is 24.8 Å². The Kier molecular flexibility index (Phi) is 8.96. The fraction of sp³-hybridized carbons (Fsp3) is 0.353. The van der Waals surface area contributed by atoms with Gasteiger partial charge in [-0.25, -0.2) is 9.78 Å². The summed E-state index contributed by atoms with van der Waals surface area (Å²) in [5.74, 6) is 0.353. The number of fused-ring (bicyclic) bond motifs is 1. The highest BCUT2D eigenvalue weighted by Gasteiger charge is 2.35. The van der Waals surface area contributed by atoms with Crippen LogP contribution in [0.1, 0.15) is 30.5 Å². The molecule has 12 heteroatoms. The standard InChI is InChI=1S/C34H36Cl2N6O4/c1-20(43)41-13-15-42(16-14-41)28-12-11-21-17-27(38-33(46-4)29(21)28)25-9-5-7-23(30(25)35)24-8-6-10-26(31(24)36)37-32(44)22-18-39(2)34(45)40(3)19-22/h5-10,17-18,28H,11-16,19H2,1-4H3,(H,37,44). The molecule has 46 heavy (non-hydrogen) atoms. The Labute approximate surface area is 278 Å². The minimum Gasteiger partial charge on any atom is -0.481 e. The van der Waals surface area contributed by atoms with Gasteiger partial charge >= 0.3 is 6.03 Å². The number of carbonyl (C=O) groups excluding carboxylic acids is 3. The summed E-state index contributed by atoms with van der Waals surface area (Å²) in [4.78, 5) is 49.2. The van der Waals surface area contributed by atoms with Gasteiger partial charge in [-0.05, 0) is 30.5 Å². The Bertz CT molecular complexity index is 1750. The van der Waals surface area contributed by atoms with Crippen molar-refractivity contribution in [2.45, 2.75) is 25.8 Å². The lowest BCUT2D eigenvalue weighted by Gasteiger charge is -2.38. The number of nitrogens with zero attached hydrogens (tertiary/aromatic N) is 5. The van der Waals surface area contributed by atoms with E-state index in [4.69, 9.17) is 32.9 Å². The van der Waals surface area contributed by atoms with Gasteiger partial charge in [-0.1, -0.05) is 53.5 Å². The maximum Gasteiger partial charge on any atom is 0.323 e. The summed E-state index contributed by atoms with van der Waals surface area (Å²) in [5, 5.41) is 3.72. The zero-order valence-corrected chi connectivity index (χ0v) is 27.8. The number of rotatable bonds is 6. The number of piperazine rings is 1. The lowest BCUT2D eigenvalue weighted by molar-refractivity contribution is -0.130. The van der Waals surface area contributed by atoms with Crippen LogP contribution in [0.3, 0.4) is 0 Å². The molecule has 240 valence electrons. The predicted octanol–water partition coefficient (Wildman–Crippen LogP) is 5.70. The molecule has 3 heterocycles. The number of aromatic nitrogens is 1. The van der Waals surface area contributed by atoms with Crippen LogP contribution in [0.15, 0.2) is 54.2 Å². The number of anilines is 1. The third-order valence-corrected chi connectivity index (χ3v) is 9.83. The molecule has 2 aliphatic heterocycles. The molecule has 0 saturated carbocycles. The molecule has 0 bridgehead atoms. The summed E-state index contributed by atoms with van der Waals surface area (Å²) >= 11 is 14.0. The number of ether oxygens (including phenoxy) is 1. The van der Waals surface area contributed by atoms with E-state index in [1.807, 2.05) is 35.2 Å². The van der Waals surface area contributed by atoms with Gasteiger partial charge in [-0.3, -0.25) is 14.5 Å². The Hall–Kier alpha value is -4.12. The number of hydrogen-bond donors (Lipinski definition) is 1. The first-order valence-corrected chi connectivity index (χ1v) is 16.0. The SMILES string of the molecule is COc1nc(-c2cccc(-c3cccc(NC(=O)C4=CN(C)C(=O)N(C)C4)c3Cl)c2Cl)cc2c1C(N1CCN(C(C)=O)CC1)CC2. The molecule has 3 aromatic rings. The fourth-order valence-electron chi connectivity index (χ4n) is 6.62. The van der Waals surface area contributed by atoms with Gasteiger partial charge in [-0.15, -0.1) is 0 Å². The van der Waals surface area contributed by atoms with Crippen molar-refractivity contribution in [2.75, 3.05) is 59.2 Å². The van der Waals surface area contributed by atoms with E-state index < -0.39 is 0 Å².